The number of hydrogen-bond donors (Lipinski definition) is 3. The molecule has 1 unspecified atom stereocenters. The maximum atomic E-state index is 11.7. The minimum atomic E-state index is 0.0283. The molecule has 19 heavy (non-hydrogen) atoms. The van der Waals surface area contributed by atoms with Gasteiger partial charge in [0.25, 0.3) is 0 Å². The van der Waals surface area contributed by atoms with Crippen LogP contribution in [0.4, 0.5) is 11.4 Å². The zero-order chi connectivity index (χ0) is 14.1. The predicted octanol–water partition coefficient (Wildman–Crippen LogP) is 2.35. The molecule has 0 heterocycles. The number of rotatable bonds is 8. The molecule has 0 saturated heterocycles. The van der Waals surface area contributed by atoms with Gasteiger partial charge in [-0.15, -0.1) is 0 Å². The molecule has 1 rings (SSSR count). The van der Waals surface area contributed by atoms with E-state index in [1.807, 2.05) is 6.92 Å². The van der Waals surface area contributed by atoms with E-state index in [4.69, 9.17) is 10.8 Å². The normalized spacial score (nSPS) is 12.1. The van der Waals surface area contributed by atoms with E-state index in [0.717, 1.165) is 23.6 Å². The summed E-state index contributed by atoms with van der Waals surface area (Å²) in [5, 5.41) is 11.7. The summed E-state index contributed by atoms with van der Waals surface area (Å²) in [5.74, 6) is 2.24. The molecule has 106 valence electrons. The van der Waals surface area contributed by atoms with Crippen molar-refractivity contribution in [1.82, 2.24) is 0 Å². The molecule has 1 aromatic carbocycles. The lowest BCUT2D eigenvalue weighted by Crippen LogP contribution is -2.11. The van der Waals surface area contributed by atoms with E-state index in [9.17, 15) is 4.79 Å². The number of nitrogens with two attached hydrogens (primary N) is 1. The van der Waals surface area contributed by atoms with Gasteiger partial charge in [-0.2, -0.15) is 11.8 Å². The summed E-state index contributed by atoms with van der Waals surface area (Å²) in [6, 6.07) is 7.12. The van der Waals surface area contributed by atoms with Crippen LogP contribution in [0.2, 0.25) is 0 Å². The highest BCUT2D eigenvalue weighted by Crippen LogP contribution is 2.13. The molecule has 1 aromatic rings. The van der Waals surface area contributed by atoms with Crippen molar-refractivity contribution in [3.8, 4) is 0 Å². The smallest absolute Gasteiger partial charge is 0.224 e. The summed E-state index contributed by atoms with van der Waals surface area (Å²) in [4.78, 5) is 11.7. The fourth-order valence-electron chi connectivity index (χ4n) is 1.46. The van der Waals surface area contributed by atoms with Crippen LogP contribution in [-0.2, 0) is 4.79 Å². The first kappa shape index (κ1) is 15.9. The van der Waals surface area contributed by atoms with Gasteiger partial charge in [0, 0.05) is 24.4 Å². The summed E-state index contributed by atoms with van der Waals surface area (Å²) < 4.78 is 0. The van der Waals surface area contributed by atoms with Crippen LogP contribution in [-0.4, -0.2) is 29.1 Å². The number of aliphatic hydroxyl groups excluding tert-OH is 1. The summed E-state index contributed by atoms with van der Waals surface area (Å²) >= 11 is 1.78. The van der Waals surface area contributed by atoms with Crippen LogP contribution >= 0.6 is 11.8 Å². The quantitative estimate of drug-likeness (QED) is 0.505. The predicted molar refractivity (Wildman–Crippen MR) is 82.3 cm³/mol. The third kappa shape index (κ3) is 7.08. The van der Waals surface area contributed by atoms with E-state index in [2.05, 4.69) is 5.32 Å². The monoisotopic (exact) mass is 282 g/mol. The van der Waals surface area contributed by atoms with Crippen LogP contribution in [0.1, 0.15) is 19.8 Å². The average Bonchev–Trinajstić information content (AvgIpc) is 2.40. The molecule has 0 aliphatic carbocycles. The molecule has 0 radical (unpaired) electrons. The lowest BCUT2D eigenvalue weighted by Gasteiger charge is -2.07. The molecule has 1 amide bonds. The van der Waals surface area contributed by atoms with Gasteiger partial charge in [-0.1, -0.05) is 6.92 Å². The lowest BCUT2D eigenvalue weighted by molar-refractivity contribution is -0.116. The van der Waals surface area contributed by atoms with Crippen molar-refractivity contribution in [2.45, 2.75) is 19.8 Å². The summed E-state index contributed by atoms with van der Waals surface area (Å²) in [5.41, 5.74) is 7.04. The van der Waals surface area contributed by atoms with E-state index in [-0.39, 0.29) is 12.5 Å². The second-order valence-electron chi connectivity index (χ2n) is 4.64. The third-order valence-electron chi connectivity index (χ3n) is 2.60. The molecule has 5 heteroatoms. The van der Waals surface area contributed by atoms with Crippen molar-refractivity contribution in [2.75, 3.05) is 29.2 Å². The Balaban J connectivity index is 2.13. The Hall–Kier alpha value is -1.20. The molecule has 4 N–H and O–H groups in total. The van der Waals surface area contributed by atoms with Crippen LogP contribution in [0.25, 0.3) is 0 Å². The maximum Gasteiger partial charge on any atom is 0.224 e. The average molecular weight is 282 g/mol. The van der Waals surface area contributed by atoms with Crippen LogP contribution in [0, 0.1) is 5.92 Å². The number of aliphatic hydroxyl groups is 1. The Morgan fingerprint density at radius 3 is 2.74 bits per heavy atom. The van der Waals surface area contributed by atoms with Crippen molar-refractivity contribution in [3.63, 3.8) is 0 Å². The number of carbonyl (C=O) groups is 1. The topological polar surface area (TPSA) is 75.3 Å². The number of hydrogen-bond acceptors (Lipinski definition) is 4. The van der Waals surface area contributed by atoms with Crippen LogP contribution in [0.5, 0.6) is 0 Å². The van der Waals surface area contributed by atoms with E-state index in [1.165, 1.54) is 0 Å². The second kappa shape index (κ2) is 8.82. The molecule has 0 bridgehead atoms. The van der Waals surface area contributed by atoms with E-state index in [0.29, 0.717) is 18.0 Å². The van der Waals surface area contributed by atoms with E-state index in [1.54, 1.807) is 36.0 Å². The minimum absolute atomic E-state index is 0.0283. The standard InChI is InChI=1S/C14H22N2O2S/c1-11(9-17)10-19-8-2-3-14(18)16-13-6-4-12(15)5-7-13/h4-7,11,17H,2-3,8-10,15H2,1H3,(H,16,18). The number of amides is 1. The fourth-order valence-corrected chi connectivity index (χ4v) is 2.48. The van der Waals surface area contributed by atoms with Crippen molar-refractivity contribution in [1.29, 1.82) is 0 Å². The highest BCUT2D eigenvalue weighted by atomic mass is 32.2. The van der Waals surface area contributed by atoms with Crippen molar-refractivity contribution < 1.29 is 9.90 Å². The molecule has 0 aliphatic heterocycles. The number of thioether (sulfide) groups is 1. The van der Waals surface area contributed by atoms with Gasteiger partial charge in [-0.05, 0) is 48.1 Å². The zero-order valence-corrected chi connectivity index (χ0v) is 12.1. The number of carbonyl (C=O) groups excluding carboxylic acids is 1. The molecule has 0 saturated carbocycles. The molecule has 0 aliphatic rings. The van der Waals surface area contributed by atoms with Gasteiger partial charge in [0.1, 0.15) is 0 Å². The molecule has 1 atom stereocenters. The first-order valence-electron chi connectivity index (χ1n) is 6.46. The fraction of sp³-hybridized carbons (Fsp3) is 0.500. The Morgan fingerprint density at radius 1 is 1.42 bits per heavy atom. The van der Waals surface area contributed by atoms with Gasteiger partial charge >= 0.3 is 0 Å². The summed E-state index contributed by atoms with van der Waals surface area (Å²) in [6.45, 7) is 2.24. The van der Waals surface area contributed by atoms with Gasteiger partial charge in [0.05, 0.1) is 0 Å². The van der Waals surface area contributed by atoms with Crippen molar-refractivity contribution in [3.05, 3.63) is 24.3 Å². The molecule has 4 nitrogen and oxygen atoms in total. The van der Waals surface area contributed by atoms with Crippen LogP contribution < -0.4 is 11.1 Å². The lowest BCUT2D eigenvalue weighted by atomic mass is 10.2. The molecule has 0 fully saturated rings. The number of anilines is 2. The van der Waals surface area contributed by atoms with Crippen LogP contribution in [0.3, 0.4) is 0 Å². The van der Waals surface area contributed by atoms with Crippen molar-refractivity contribution in [2.24, 2.45) is 5.92 Å². The van der Waals surface area contributed by atoms with Gasteiger partial charge in [-0.3, -0.25) is 4.79 Å². The Kier molecular flexibility index (Phi) is 7.36. The molecule has 0 aromatic heterocycles. The molecular weight excluding hydrogens is 260 g/mol. The van der Waals surface area contributed by atoms with E-state index >= 15 is 0 Å². The first-order valence-corrected chi connectivity index (χ1v) is 7.61. The van der Waals surface area contributed by atoms with Gasteiger partial charge in [0.2, 0.25) is 5.91 Å². The summed E-state index contributed by atoms with van der Waals surface area (Å²) in [7, 11) is 0. The Labute approximate surface area is 118 Å². The Morgan fingerprint density at radius 2 is 2.11 bits per heavy atom. The van der Waals surface area contributed by atoms with Gasteiger partial charge < -0.3 is 16.2 Å². The SMILES string of the molecule is CC(CO)CSCCCC(=O)Nc1ccc(N)cc1. The molecular formula is C14H22N2O2S. The maximum absolute atomic E-state index is 11.7. The van der Waals surface area contributed by atoms with Gasteiger partial charge in [0.15, 0.2) is 0 Å². The second-order valence-corrected chi connectivity index (χ2v) is 5.79. The van der Waals surface area contributed by atoms with Crippen LogP contribution in [0.15, 0.2) is 24.3 Å². The highest BCUT2D eigenvalue weighted by Gasteiger charge is 2.03. The Bertz CT molecular complexity index is 382. The van der Waals surface area contributed by atoms with Gasteiger partial charge in [-0.25, -0.2) is 0 Å². The van der Waals surface area contributed by atoms with Crippen molar-refractivity contribution >= 4 is 29.0 Å². The first-order chi connectivity index (χ1) is 9.11. The zero-order valence-electron chi connectivity index (χ0n) is 11.3. The number of nitrogens with one attached hydrogen (secondary N) is 1. The highest BCUT2D eigenvalue weighted by molar-refractivity contribution is 7.99. The van der Waals surface area contributed by atoms with E-state index < -0.39 is 0 Å². The largest absolute Gasteiger partial charge is 0.399 e. The summed E-state index contributed by atoms with van der Waals surface area (Å²) in [6.07, 6.45) is 1.37. The number of benzene rings is 1. The third-order valence-corrected chi connectivity index (χ3v) is 3.98. The minimum Gasteiger partial charge on any atom is -0.399 e. The molecule has 0 spiro atoms. The number of nitrogen functional groups attached to an aromatic ring is 1.